The van der Waals surface area contributed by atoms with Crippen molar-refractivity contribution in [3.63, 3.8) is 0 Å². The third kappa shape index (κ3) is 5.96. The summed E-state index contributed by atoms with van der Waals surface area (Å²) in [5.74, 6) is 0.279. The summed E-state index contributed by atoms with van der Waals surface area (Å²) in [4.78, 5) is 17.9. The Balaban J connectivity index is 1.59. The van der Waals surface area contributed by atoms with Gasteiger partial charge in [0.25, 0.3) is 15.9 Å². The number of hydrogen-bond acceptors (Lipinski definition) is 6. The molecule has 11 heteroatoms. The number of fused-ring (bicyclic) bond motifs is 1. The predicted molar refractivity (Wildman–Crippen MR) is 141 cm³/mol. The van der Waals surface area contributed by atoms with Gasteiger partial charge in [0.1, 0.15) is 5.75 Å². The van der Waals surface area contributed by atoms with Crippen LogP contribution in [0.5, 0.6) is 5.75 Å². The number of nitrogens with one attached hydrogen (secondary N) is 1. The van der Waals surface area contributed by atoms with Crippen LogP contribution in [0.2, 0.25) is 5.02 Å². The van der Waals surface area contributed by atoms with Gasteiger partial charge in [-0.15, -0.1) is 0 Å². The van der Waals surface area contributed by atoms with Crippen molar-refractivity contribution in [2.24, 2.45) is 4.99 Å². The Kier molecular flexibility index (Phi) is 8.10. The predicted octanol–water partition coefficient (Wildman–Crippen LogP) is 4.94. The summed E-state index contributed by atoms with van der Waals surface area (Å²) in [6, 6.07) is 17.7. The molecule has 0 aliphatic heterocycles. The van der Waals surface area contributed by atoms with Crippen molar-refractivity contribution in [1.82, 2.24) is 4.57 Å². The topological polar surface area (TPSA) is 99.0 Å². The van der Waals surface area contributed by atoms with Crippen LogP contribution in [0.3, 0.4) is 0 Å². The van der Waals surface area contributed by atoms with Gasteiger partial charge in [-0.1, -0.05) is 22.9 Å². The number of carbonyl (C=O) groups excluding carboxylic acids is 1. The molecule has 0 radical (unpaired) electrons. The second kappa shape index (κ2) is 11.3. The molecule has 0 saturated carbocycles. The van der Waals surface area contributed by atoms with Gasteiger partial charge in [0.05, 0.1) is 28.8 Å². The Morgan fingerprint density at radius 3 is 2.47 bits per heavy atom. The van der Waals surface area contributed by atoms with Crippen molar-refractivity contribution in [2.45, 2.75) is 18.4 Å². The Morgan fingerprint density at radius 1 is 1.08 bits per heavy atom. The molecule has 1 N–H and O–H groups in total. The van der Waals surface area contributed by atoms with Gasteiger partial charge >= 0.3 is 0 Å². The first-order valence-corrected chi connectivity index (χ1v) is 13.7. The molecule has 1 amide bonds. The number of rotatable bonds is 9. The zero-order chi connectivity index (χ0) is 25.7. The lowest BCUT2D eigenvalue weighted by atomic mass is 10.2. The lowest BCUT2D eigenvalue weighted by Crippen LogP contribution is -2.19. The van der Waals surface area contributed by atoms with E-state index in [-0.39, 0.29) is 4.90 Å². The minimum atomic E-state index is -3.79. The number of aromatic nitrogens is 1. The van der Waals surface area contributed by atoms with E-state index < -0.39 is 15.9 Å². The highest BCUT2D eigenvalue weighted by molar-refractivity contribution is 7.92. The van der Waals surface area contributed by atoms with Crippen molar-refractivity contribution < 1.29 is 22.7 Å². The lowest BCUT2D eigenvalue weighted by molar-refractivity contribution is 0.0996. The molecule has 0 unspecified atom stereocenters. The Bertz CT molecular complexity index is 1540. The quantitative estimate of drug-likeness (QED) is 0.300. The summed E-state index contributed by atoms with van der Waals surface area (Å²) in [6.45, 7) is 3.54. The summed E-state index contributed by atoms with van der Waals surface area (Å²) in [7, 11) is -2.19. The van der Waals surface area contributed by atoms with Gasteiger partial charge in [0.15, 0.2) is 4.80 Å². The average molecular weight is 546 g/mol. The van der Waals surface area contributed by atoms with Gasteiger partial charge in [-0.05, 0) is 73.7 Å². The fourth-order valence-corrected chi connectivity index (χ4v) is 5.71. The SMILES string of the molecule is CCOCCn1c(=NC(=O)c2ccc(NS(=O)(=O)c3ccc(Cl)cc3)cc2)sc2cc(OC)ccc21. The number of thiazole rings is 1. The average Bonchev–Trinajstić information content (AvgIpc) is 3.20. The third-order valence-corrected chi connectivity index (χ3v) is 7.95. The van der Waals surface area contributed by atoms with Crippen molar-refractivity contribution in [3.05, 3.63) is 82.1 Å². The molecular weight excluding hydrogens is 522 g/mol. The molecule has 0 fully saturated rings. The number of nitrogens with zero attached hydrogens (tertiary/aromatic N) is 2. The lowest BCUT2D eigenvalue weighted by Gasteiger charge is -2.08. The summed E-state index contributed by atoms with van der Waals surface area (Å²) in [5, 5.41) is 0.442. The van der Waals surface area contributed by atoms with Crippen LogP contribution in [0.1, 0.15) is 17.3 Å². The van der Waals surface area contributed by atoms with E-state index in [4.69, 9.17) is 21.1 Å². The molecule has 4 rings (SSSR count). The molecule has 0 saturated heterocycles. The normalized spacial score (nSPS) is 12.1. The molecule has 4 aromatic rings. The van der Waals surface area contributed by atoms with E-state index in [2.05, 4.69) is 9.71 Å². The highest BCUT2D eigenvalue weighted by Gasteiger charge is 2.15. The maximum absolute atomic E-state index is 13.0. The summed E-state index contributed by atoms with van der Waals surface area (Å²) in [5.41, 5.74) is 1.58. The number of hydrogen-bond donors (Lipinski definition) is 1. The monoisotopic (exact) mass is 545 g/mol. The molecule has 0 bridgehead atoms. The Hall–Kier alpha value is -3.18. The first kappa shape index (κ1) is 25.9. The number of amides is 1. The van der Waals surface area contributed by atoms with Gasteiger partial charge in [-0.25, -0.2) is 8.42 Å². The zero-order valence-electron chi connectivity index (χ0n) is 19.6. The largest absolute Gasteiger partial charge is 0.497 e. The minimum Gasteiger partial charge on any atom is -0.497 e. The van der Waals surface area contributed by atoms with Crippen LogP contribution < -0.4 is 14.3 Å². The molecule has 1 heterocycles. The maximum atomic E-state index is 13.0. The van der Waals surface area contributed by atoms with Crippen LogP contribution >= 0.6 is 22.9 Å². The fraction of sp³-hybridized carbons (Fsp3) is 0.200. The number of sulfonamides is 1. The molecule has 8 nitrogen and oxygen atoms in total. The minimum absolute atomic E-state index is 0.0834. The second-order valence-electron chi connectivity index (χ2n) is 7.62. The van der Waals surface area contributed by atoms with Gasteiger partial charge < -0.3 is 14.0 Å². The summed E-state index contributed by atoms with van der Waals surface area (Å²) >= 11 is 7.22. The van der Waals surface area contributed by atoms with Crippen LogP contribution in [-0.4, -0.2) is 39.2 Å². The van der Waals surface area contributed by atoms with Gasteiger partial charge in [0.2, 0.25) is 0 Å². The Morgan fingerprint density at radius 2 is 1.81 bits per heavy atom. The van der Waals surface area contributed by atoms with Crippen LogP contribution in [0.15, 0.2) is 76.6 Å². The van der Waals surface area contributed by atoms with Gasteiger partial charge in [-0.2, -0.15) is 4.99 Å². The van der Waals surface area contributed by atoms with E-state index >= 15 is 0 Å². The van der Waals surface area contributed by atoms with Crippen LogP contribution in [0.4, 0.5) is 5.69 Å². The van der Waals surface area contributed by atoms with Crippen LogP contribution in [0.25, 0.3) is 10.2 Å². The summed E-state index contributed by atoms with van der Waals surface area (Å²) < 4.78 is 41.4. The molecule has 0 atom stereocenters. The summed E-state index contributed by atoms with van der Waals surface area (Å²) in [6.07, 6.45) is 0. The first-order valence-electron chi connectivity index (χ1n) is 11.0. The van der Waals surface area contributed by atoms with E-state index in [0.29, 0.717) is 40.8 Å². The maximum Gasteiger partial charge on any atom is 0.279 e. The van der Waals surface area contributed by atoms with Crippen molar-refractivity contribution in [3.8, 4) is 5.75 Å². The van der Waals surface area contributed by atoms with Gasteiger partial charge in [0, 0.05) is 29.4 Å². The number of carbonyl (C=O) groups is 1. The second-order valence-corrected chi connectivity index (χ2v) is 10.7. The van der Waals surface area contributed by atoms with E-state index in [1.54, 1.807) is 7.11 Å². The van der Waals surface area contributed by atoms with E-state index in [0.717, 1.165) is 16.0 Å². The van der Waals surface area contributed by atoms with E-state index in [9.17, 15) is 13.2 Å². The number of anilines is 1. The molecule has 3 aromatic carbocycles. The molecule has 1 aromatic heterocycles. The van der Waals surface area contributed by atoms with Gasteiger partial charge in [-0.3, -0.25) is 9.52 Å². The molecule has 0 spiro atoms. The van der Waals surface area contributed by atoms with E-state index in [1.165, 1.54) is 59.9 Å². The number of ether oxygens (including phenoxy) is 2. The Labute approximate surface area is 217 Å². The molecule has 0 aliphatic rings. The van der Waals surface area contributed by atoms with Crippen molar-refractivity contribution in [1.29, 1.82) is 0 Å². The molecule has 0 aliphatic carbocycles. The molecular formula is C25H24ClN3O5S2. The third-order valence-electron chi connectivity index (χ3n) is 5.26. The molecule has 188 valence electrons. The van der Waals surface area contributed by atoms with Crippen LogP contribution in [-0.2, 0) is 21.3 Å². The zero-order valence-corrected chi connectivity index (χ0v) is 22.0. The van der Waals surface area contributed by atoms with Crippen molar-refractivity contribution >= 4 is 54.8 Å². The standard InChI is InChI=1S/C25H24ClN3O5S2/c1-3-34-15-14-29-22-13-10-20(33-2)16-23(22)35-25(29)27-24(30)17-4-8-19(9-5-17)28-36(31,32)21-11-6-18(26)7-12-21/h4-13,16,28H,3,14-15H2,1-2H3. The number of benzene rings is 3. The highest BCUT2D eigenvalue weighted by atomic mass is 35.5. The molecule has 36 heavy (non-hydrogen) atoms. The van der Waals surface area contributed by atoms with Crippen LogP contribution in [0, 0.1) is 0 Å². The van der Waals surface area contributed by atoms with Crippen molar-refractivity contribution in [2.75, 3.05) is 25.0 Å². The smallest absolute Gasteiger partial charge is 0.279 e. The first-order chi connectivity index (χ1) is 17.3. The number of halogens is 1. The van der Waals surface area contributed by atoms with E-state index in [1.807, 2.05) is 29.7 Å². The highest BCUT2D eigenvalue weighted by Crippen LogP contribution is 2.24. The fourth-order valence-electron chi connectivity index (χ4n) is 3.44. The number of methoxy groups -OCH3 is 1.